The van der Waals surface area contributed by atoms with Crippen LogP contribution < -0.4 is 10.6 Å². The Morgan fingerprint density at radius 2 is 1.78 bits per heavy atom. The lowest BCUT2D eigenvalue weighted by Gasteiger charge is -2.12. The van der Waals surface area contributed by atoms with Crippen molar-refractivity contribution in [3.8, 4) is 0 Å². The zero-order valence-electron chi connectivity index (χ0n) is 12.3. The van der Waals surface area contributed by atoms with E-state index in [2.05, 4.69) is 10.6 Å². The molecule has 0 aliphatic carbocycles. The van der Waals surface area contributed by atoms with Gasteiger partial charge < -0.3 is 15.7 Å². The van der Waals surface area contributed by atoms with Gasteiger partial charge in [-0.25, -0.2) is 4.39 Å². The quantitative estimate of drug-likeness (QED) is 0.731. The van der Waals surface area contributed by atoms with Crippen molar-refractivity contribution in [2.45, 2.75) is 12.5 Å². The van der Waals surface area contributed by atoms with E-state index in [1.807, 2.05) is 30.3 Å². The van der Waals surface area contributed by atoms with Crippen molar-refractivity contribution in [1.29, 1.82) is 0 Å². The first kappa shape index (κ1) is 16.6. The molecule has 0 aliphatic rings. The maximum absolute atomic E-state index is 13.0. The van der Waals surface area contributed by atoms with Crippen LogP contribution in [0.25, 0.3) is 0 Å². The highest BCUT2D eigenvalue weighted by Crippen LogP contribution is 2.08. The molecule has 1 unspecified atom stereocenters. The molecule has 0 spiro atoms. The Hall–Kier alpha value is -2.73. The molecule has 0 radical (unpaired) electrons. The van der Waals surface area contributed by atoms with Crippen LogP contribution in [-0.4, -0.2) is 29.6 Å². The van der Waals surface area contributed by atoms with E-state index in [9.17, 15) is 19.1 Å². The largest absolute Gasteiger partial charge is 0.391 e. The molecule has 6 heteroatoms. The Kier molecular flexibility index (Phi) is 5.82. The number of carbonyl (C=O) groups is 2. The summed E-state index contributed by atoms with van der Waals surface area (Å²) in [6.45, 7) is -0.0513. The third kappa shape index (κ3) is 5.52. The van der Waals surface area contributed by atoms with Gasteiger partial charge in [-0.1, -0.05) is 36.4 Å². The molecule has 0 fully saturated rings. The Balaban J connectivity index is 1.78. The number of halogens is 1. The summed E-state index contributed by atoms with van der Waals surface area (Å²) in [7, 11) is 0. The number of aliphatic hydroxyl groups is 1. The van der Waals surface area contributed by atoms with Crippen molar-refractivity contribution in [3.63, 3.8) is 0 Å². The van der Waals surface area contributed by atoms with Crippen LogP contribution in [0, 0.1) is 5.82 Å². The van der Waals surface area contributed by atoms with E-state index in [1.54, 1.807) is 0 Å². The third-order valence-corrected chi connectivity index (χ3v) is 3.10. The molecule has 2 aromatic carbocycles. The summed E-state index contributed by atoms with van der Waals surface area (Å²) >= 11 is 0. The maximum Gasteiger partial charge on any atom is 0.313 e. The van der Waals surface area contributed by atoms with Gasteiger partial charge in [-0.2, -0.15) is 0 Å². The van der Waals surface area contributed by atoms with E-state index in [4.69, 9.17) is 0 Å². The number of benzene rings is 2. The minimum Gasteiger partial charge on any atom is -0.391 e. The molecule has 0 aromatic heterocycles. The molecule has 3 N–H and O–H groups in total. The zero-order chi connectivity index (χ0) is 16.7. The zero-order valence-corrected chi connectivity index (χ0v) is 12.3. The van der Waals surface area contributed by atoms with E-state index >= 15 is 0 Å². The predicted octanol–water partition coefficient (Wildman–Crippen LogP) is 1.48. The third-order valence-electron chi connectivity index (χ3n) is 3.10. The minimum absolute atomic E-state index is 0.0513. The Morgan fingerprint density at radius 1 is 1.04 bits per heavy atom. The highest BCUT2D eigenvalue weighted by molar-refractivity contribution is 6.39. The average molecular weight is 316 g/mol. The summed E-state index contributed by atoms with van der Waals surface area (Å²) in [6, 6.07) is 14.5. The summed E-state index contributed by atoms with van der Waals surface area (Å²) < 4.78 is 13.0. The van der Waals surface area contributed by atoms with E-state index < -0.39 is 23.7 Å². The molecule has 23 heavy (non-hydrogen) atoms. The molecule has 2 rings (SSSR count). The van der Waals surface area contributed by atoms with Gasteiger partial charge in [0.25, 0.3) is 0 Å². The number of anilines is 1. The van der Waals surface area contributed by atoms with Crippen molar-refractivity contribution in [2.75, 3.05) is 11.9 Å². The Morgan fingerprint density at radius 3 is 2.48 bits per heavy atom. The number of carbonyl (C=O) groups excluding carboxylic acids is 2. The minimum atomic E-state index is -0.914. The van der Waals surface area contributed by atoms with Gasteiger partial charge in [0.05, 0.1) is 6.10 Å². The van der Waals surface area contributed by atoms with E-state index in [0.29, 0.717) is 6.42 Å². The summed E-state index contributed by atoms with van der Waals surface area (Å²) in [6.07, 6.45) is -0.435. The van der Waals surface area contributed by atoms with Gasteiger partial charge in [0, 0.05) is 18.7 Å². The standard InChI is InChI=1S/C17H17FN2O3/c18-13-7-4-8-14(10-13)20-17(23)16(22)19-11-15(21)9-12-5-2-1-3-6-12/h1-8,10,15,21H,9,11H2,(H,19,22)(H,20,23). The molecule has 1 atom stereocenters. The van der Waals surface area contributed by atoms with Crippen molar-refractivity contribution in [3.05, 3.63) is 66.0 Å². The first-order valence-electron chi connectivity index (χ1n) is 7.11. The topological polar surface area (TPSA) is 78.4 Å². The van der Waals surface area contributed by atoms with Crippen LogP contribution in [0.5, 0.6) is 0 Å². The fourth-order valence-electron chi connectivity index (χ4n) is 2.00. The number of hydrogen-bond acceptors (Lipinski definition) is 3. The Bertz CT molecular complexity index is 677. The van der Waals surface area contributed by atoms with Gasteiger partial charge in [-0.05, 0) is 23.8 Å². The first-order valence-corrected chi connectivity index (χ1v) is 7.11. The SMILES string of the molecule is O=C(NCC(O)Cc1ccccc1)C(=O)Nc1cccc(F)c1. The molecule has 2 amide bonds. The Labute approximate surface area is 133 Å². The molecule has 0 bridgehead atoms. The molecule has 0 saturated carbocycles. The van der Waals surface area contributed by atoms with Gasteiger partial charge in [-0.3, -0.25) is 9.59 Å². The van der Waals surface area contributed by atoms with Crippen LogP contribution in [0.4, 0.5) is 10.1 Å². The highest BCUT2D eigenvalue weighted by atomic mass is 19.1. The van der Waals surface area contributed by atoms with Crippen LogP contribution in [0.2, 0.25) is 0 Å². The van der Waals surface area contributed by atoms with Gasteiger partial charge >= 0.3 is 11.8 Å². The summed E-state index contributed by atoms with van der Waals surface area (Å²) in [5, 5.41) is 14.5. The van der Waals surface area contributed by atoms with Gasteiger partial charge in [0.15, 0.2) is 0 Å². The molecular formula is C17H17FN2O3. The maximum atomic E-state index is 13.0. The molecule has 2 aromatic rings. The first-order chi connectivity index (χ1) is 11.0. The molecule has 0 aliphatic heterocycles. The van der Waals surface area contributed by atoms with Crippen LogP contribution in [-0.2, 0) is 16.0 Å². The van der Waals surface area contributed by atoms with Crippen molar-refractivity contribution < 1.29 is 19.1 Å². The van der Waals surface area contributed by atoms with Crippen LogP contribution in [0.3, 0.4) is 0 Å². The molecule has 0 saturated heterocycles. The highest BCUT2D eigenvalue weighted by Gasteiger charge is 2.15. The van der Waals surface area contributed by atoms with Gasteiger partial charge in [0.1, 0.15) is 5.82 Å². The summed E-state index contributed by atoms with van der Waals surface area (Å²) in [5.41, 5.74) is 1.12. The predicted molar refractivity (Wildman–Crippen MR) is 84.2 cm³/mol. The molecular weight excluding hydrogens is 299 g/mol. The average Bonchev–Trinajstić information content (AvgIpc) is 2.53. The molecule has 5 nitrogen and oxygen atoms in total. The number of aliphatic hydroxyl groups excluding tert-OH is 1. The van der Waals surface area contributed by atoms with E-state index in [0.717, 1.165) is 11.6 Å². The van der Waals surface area contributed by atoms with Crippen LogP contribution in [0.15, 0.2) is 54.6 Å². The second kappa shape index (κ2) is 8.05. The van der Waals surface area contributed by atoms with Gasteiger partial charge in [-0.15, -0.1) is 0 Å². The normalized spacial score (nSPS) is 11.6. The lowest BCUT2D eigenvalue weighted by molar-refractivity contribution is -0.136. The van der Waals surface area contributed by atoms with Crippen LogP contribution in [0.1, 0.15) is 5.56 Å². The second-order valence-electron chi connectivity index (χ2n) is 5.02. The monoisotopic (exact) mass is 316 g/mol. The summed E-state index contributed by atoms with van der Waals surface area (Å²) in [5.74, 6) is -2.31. The van der Waals surface area contributed by atoms with Crippen molar-refractivity contribution >= 4 is 17.5 Å². The lowest BCUT2D eigenvalue weighted by Crippen LogP contribution is -2.40. The van der Waals surface area contributed by atoms with E-state index in [1.165, 1.54) is 18.2 Å². The number of amides is 2. The van der Waals surface area contributed by atoms with Gasteiger partial charge in [0.2, 0.25) is 0 Å². The summed E-state index contributed by atoms with van der Waals surface area (Å²) in [4.78, 5) is 23.3. The van der Waals surface area contributed by atoms with E-state index in [-0.39, 0.29) is 12.2 Å². The van der Waals surface area contributed by atoms with Crippen LogP contribution >= 0.6 is 0 Å². The fourth-order valence-corrected chi connectivity index (χ4v) is 2.00. The van der Waals surface area contributed by atoms with Crippen molar-refractivity contribution in [2.24, 2.45) is 0 Å². The fraction of sp³-hybridized carbons (Fsp3) is 0.176. The van der Waals surface area contributed by atoms with Crippen molar-refractivity contribution in [1.82, 2.24) is 5.32 Å². The smallest absolute Gasteiger partial charge is 0.313 e. The second-order valence-corrected chi connectivity index (χ2v) is 5.02. The molecule has 0 heterocycles. The number of rotatable bonds is 5. The number of nitrogens with one attached hydrogen (secondary N) is 2. The lowest BCUT2D eigenvalue weighted by atomic mass is 10.1. The molecule has 120 valence electrons. The number of hydrogen-bond donors (Lipinski definition) is 3.